The average molecular weight is 1080 g/mol. The van der Waals surface area contributed by atoms with Crippen molar-refractivity contribution in [1.82, 2.24) is 24.1 Å². The summed E-state index contributed by atoms with van der Waals surface area (Å²) in [6.07, 6.45) is -9.13. The van der Waals surface area contributed by atoms with Gasteiger partial charge in [0.1, 0.15) is 0 Å². The van der Waals surface area contributed by atoms with Crippen molar-refractivity contribution >= 4 is 43.6 Å². The normalized spacial score (nSPS) is 13.1. The summed E-state index contributed by atoms with van der Waals surface area (Å²) < 4.78 is 90.6. The molecule has 3 heterocycles. The highest BCUT2D eigenvalue weighted by molar-refractivity contribution is 6.11. The van der Waals surface area contributed by atoms with E-state index in [1.807, 2.05) is 100 Å². The monoisotopic (exact) mass is 1080 g/mol. The topological polar surface area (TPSA) is 48.5 Å². The van der Waals surface area contributed by atoms with Crippen LogP contribution in [0.5, 0.6) is 0 Å². The lowest BCUT2D eigenvalue weighted by Crippen LogP contribution is -2.17. The van der Waals surface area contributed by atoms with Gasteiger partial charge in [0.15, 0.2) is 17.5 Å². The van der Waals surface area contributed by atoms with Crippen LogP contribution >= 0.6 is 0 Å². The highest BCUT2D eigenvalue weighted by Gasteiger charge is 2.34. The molecular weight excluding hydrogens is 1010 g/mol. The molecule has 0 amide bonds. The summed E-state index contributed by atoms with van der Waals surface area (Å²) in [4.78, 5) is 16.4. The van der Waals surface area contributed by atoms with Gasteiger partial charge in [-0.15, -0.1) is 0 Å². The molecule has 0 saturated carbocycles. The van der Waals surface area contributed by atoms with Gasteiger partial charge < -0.3 is 9.13 Å². The third kappa shape index (κ3) is 9.83. The molecule has 11 aromatic rings. The van der Waals surface area contributed by atoms with Gasteiger partial charge in [-0.1, -0.05) is 156 Å². The van der Waals surface area contributed by atoms with Crippen LogP contribution in [0.1, 0.15) is 116 Å². The lowest BCUT2D eigenvalue weighted by molar-refractivity contribution is -0.138. The van der Waals surface area contributed by atoms with Gasteiger partial charge in [0, 0.05) is 43.8 Å². The fourth-order valence-corrected chi connectivity index (χ4v) is 10.8. The van der Waals surface area contributed by atoms with Crippen molar-refractivity contribution in [3.8, 4) is 56.7 Å². The molecule has 80 heavy (non-hydrogen) atoms. The van der Waals surface area contributed by atoms with E-state index in [1.165, 1.54) is 24.3 Å². The maximum absolute atomic E-state index is 14.5. The Morgan fingerprint density at radius 2 is 0.650 bits per heavy atom. The Hall–Kier alpha value is -8.05. The van der Waals surface area contributed by atoms with E-state index in [4.69, 9.17) is 15.0 Å². The largest absolute Gasteiger partial charge is 0.416 e. The zero-order valence-corrected chi connectivity index (χ0v) is 47.1. The first-order valence-electron chi connectivity index (χ1n) is 27.0. The summed E-state index contributed by atoms with van der Waals surface area (Å²) >= 11 is 0. The molecule has 0 spiro atoms. The van der Waals surface area contributed by atoms with Gasteiger partial charge in [0.05, 0.1) is 44.6 Å². The summed E-state index contributed by atoms with van der Waals surface area (Å²) in [6, 6.07) is 49.5. The van der Waals surface area contributed by atoms with Crippen LogP contribution in [-0.4, -0.2) is 24.1 Å². The van der Waals surface area contributed by atoms with Gasteiger partial charge in [-0.2, -0.15) is 26.3 Å². The number of nitrogens with zero attached hydrogens (tertiary/aromatic N) is 5. The summed E-state index contributed by atoms with van der Waals surface area (Å²) in [5, 5.41) is 2.19. The van der Waals surface area contributed by atoms with Crippen molar-refractivity contribution in [2.75, 3.05) is 0 Å². The van der Waals surface area contributed by atoms with Crippen LogP contribution in [0.15, 0.2) is 164 Å². The Bertz CT molecular complexity index is 4100. The minimum absolute atomic E-state index is 0.244. The van der Waals surface area contributed by atoms with Crippen molar-refractivity contribution in [1.29, 1.82) is 0 Å². The number of fused-ring (bicyclic) bond motifs is 6. The number of rotatable bonds is 6. The molecule has 8 aromatic carbocycles. The number of para-hydroxylation sites is 3. The Kier molecular flexibility index (Phi) is 12.7. The summed E-state index contributed by atoms with van der Waals surface area (Å²) in [5.74, 6) is 1.21. The molecule has 0 aliphatic rings. The number of halogens is 6. The molecule has 5 nitrogen and oxygen atoms in total. The number of hydrogen-bond donors (Lipinski definition) is 0. The molecule has 11 rings (SSSR count). The Labute approximate surface area is 463 Å². The van der Waals surface area contributed by atoms with Gasteiger partial charge >= 0.3 is 12.4 Å². The van der Waals surface area contributed by atoms with Gasteiger partial charge in [-0.05, 0) is 140 Å². The summed E-state index contributed by atoms with van der Waals surface area (Å²) in [7, 11) is 0. The van der Waals surface area contributed by atoms with Crippen molar-refractivity contribution in [2.24, 2.45) is 0 Å². The Balaban J connectivity index is 1.26. The average Bonchev–Trinajstić information content (AvgIpc) is 3.98. The number of aromatic nitrogens is 5. The standard InChI is InChI=1S/C69H63F6N5/c1-64(2,3)45-31-41(32-46(36-45)65(4,5)6)61-76-62(42-33-47(66(7,8)9)37-48(34-42)67(10,11)12)78-63(77-61)54-35-40(25-28-60(54)80-57-24-18-15-21-51(57)53-39-44(69(73,74)75)27-30-59(53)80)49-19-13-16-22-55(49)79-56-23-17-14-20-50(56)52-38-43(68(70,71)72)26-29-58(52)79/h13-39H,1-12H3. The van der Waals surface area contributed by atoms with Crippen molar-refractivity contribution in [3.05, 3.63) is 197 Å². The first-order valence-corrected chi connectivity index (χ1v) is 27.0. The first kappa shape index (κ1) is 53.9. The smallest absolute Gasteiger partial charge is 0.309 e. The molecule has 0 atom stereocenters. The molecule has 0 aliphatic carbocycles. The summed E-state index contributed by atoms with van der Waals surface area (Å²) in [5.41, 5.74) is 9.47. The van der Waals surface area contributed by atoms with Crippen LogP contribution in [0.2, 0.25) is 0 Å². The van der Waals surface area contributed by atoms with Crippen LogP contribution < -0.4 is 0 Å². The van der Waals surface area contributed by atoms with E-state index in [2.05, 4.69) is 119 Å². The van der Waals surface area contributed by atoms with Gasteiger partial charge in [0.25, 0.3) is 0 Å². The molecule has 0 saturated heterocycles. The van der Waals surface area contributed by atoms with Crippen molar-refractivity contribution < 1.29 is 26.3 Å². The van der Waals surface area contributed by atoms with E-state index in [0.29, 0.717) is 72.5 Å². The second-order valence-electron chi connectivity index (χ2n) is 25.3. The minimum atomic E-state index is -4.58. The fraction of sp³-hybridized carbons (Fsp3) is 0.261. The lowest BCUT2D eigenvalue weighted by Gasteiger charge is -2.26. The predicted molar refractivity (Wildman–Crippen MR) is 315 cm³/mol. The van der Waals surface area contributed by atoms with Crippen molar-refractivity contribution in [2.45, 2.75) is 117 Å². The third-order valence-electron chi connectivity index (χ3n) is 15.4. The SMILES string of the molecule is CC(C)(C)c1cc(-c2nc(-c3cc(C(C)(C)C)cc(C(C)(C)C)c3)nc(-c3cc(-c4ccccc4-n4c5ccccc5c5cc(C(F)(F)F)ccc54)ccc3-n3c4ccccc4c4cc(C(F)(F)F)ccc43)n2)cc(C(C)(C)C)c1. The van der Waals surface area contributed by atoms with E-state index < -0.39 is 23.5 Å². The second kappa shape index (κ2) is 18.8. The van der Waals surface area contributed by atoms with Gasteiger partial charge in [0.2, 0.25) is 0 Å². The zero-order valence-electron chi connectivity index (χ0n) is 47.1. The minimum Gasteiger partial charge on any atom is -0.309 e. The summed E-state index contributed by atoms with van der Waals surface area (Å²) in [6.45, 7) is 26.2. The predicted octanol–water partition coefficient (Wildman–Crippen LogP) is 20.0. The lowest BCUT2D eigenvalue weighted by atomic mass is 9.79. The van der Waals surface area contributed by atoms with E-state index in [1.54, 1.807) is 0 Å². The highest BCUT2D eigenvalue weighted by atomic mass is 19.4. The van der Waals surface area contributed by atoms with E-state index in [-0.39, 0.29) is 21.7 Å². The second-order valence-corrected chi connectivity index (χ2v) is 25.3. The molecule has 3 aromatic heterocycles. The van der Waals surface area contributed by atoms with E-state index in [0.717, 1.165) is 62.2 Å². The molecule has 0 fully saturated rings. The third-order valence-corrected chi connectivity index (χ3v) is 15.4. The zero-order chi connectivity index (χ0) is 57.2. The Morgan fingerprint density at radius 1 is 0.287 bits per heavy atom. The Morgan fingerprint density at radius 3 is 1.06 bits per heavy atom. The molecular formula is C69H63F6N5. The van der Waals surface area contributed by atoms with Gasteiger partial charge in [-0.25, -0.2) is 15.0 Å². The number of hydrogen-bond acceptors (Lipinski definition) is 3. The molecule has 0 radical (unpaired) electrons. The first-order chi connectivity index (χ1) is 37.4. The van der Waals surface area contributed by atoms with Crippen LogP contribution in [0, 0.1) is 0 Å². The fourth-order valence-electron chi connectivity index (χ4n) is 10.8. The van der Waals surface area contributed by atoms with Crippen molar-refractivity contribution in [3.63, 3.8) is 0 Å². The maximum atomic E-state index is 14.5. The molecule has 0 bridgehead atoms. The molecule has 0 N–H and O–H groups in total. The molecule has 11 heteroatoms. The quantitative estimate of drug-likeness (QED) is 0.156. The van der Waals surface area contributed by atoms with Crippen LogP contribution in [0.4, 0.5) is 26.3 Å². The molecule has 406 valence electrons. The molecule has 0 unspecified atom stereocenters. The van der Waals surface area contributed by atoms with Crippen LogP contribution in [-0.2, 0) is 34.0 Å². The highest BCUT2D eigenvalue weighted by Crippen LogP contribution is 2.45. The van der Waals surface area contributed by atoms with Gasteiger partial charge in [-0.3, -0.25) is 0 Å². The van der Waals surface area contributed by atoms with E-state index >= 15 is 0 Å². The van der Waals surface area contributed by atoms with E-state index in [9.17, 15) is 26.3 Å². The van der Waals surface area contributed by atoms with Crippen LogP contribution in [0.3, 0.4) is 0 Å². The number of alkyl halides is 6. The van der Waals surface area contributed by atoms with Crippen LogP contribution in [0.25, 0.3) is 100 Å². The number of benzene rings is 8. The molecule has 0 aliphatic heterocycles. The maximum Gasteiger partial charge on any atom is 0.416 e.